The Balaban J connectivity index is 1.71. The van der Waals surface area contributed by atoms with Gasteiger partial charge >= 0.3 is 0 Å². The minimum atomic E-state index is 0.117. The van der Waals surface area contributed by atoms with Crippen LogP contribution in [0.5, 0.6) is 11.5 Å². The summed E-state index contributed by atoms with van der Waals surface area (Å²) in [5, 5.41) is 17.7. The third-order valence-corrected chi connectivity index (χ3v) is 3.40. The maximum atomic E-state index is 9.59. The van der Waals surface area contributed by atoms with Gasteiger partial charge in [-0.3, -0.25) is 0 Å². The number of aromatic hydroxyl groups is 1. The van der Waals surface area contributed by atoms with E-state index in [4.69, 9.17) is 4.74 Å². The Bertz CT molecular complexity index is 867. The fraction of sp³-hybridized carbons (Fsp3) is 0.0526. The third kappa shape index (κ3) is 3.89. The molecule has 0 spiro atoms. The molecule has 0 bridgehead atoms. The van der Waals surface area contributed by atoms with Gasteiger partial charge in [0, 0.05) is 6.20 Å². The number of nitrogens with zero attached hydrogens (tertiary/aromatic N) is 3. The number of hydrogen-bond donors (Lipinski definition) is 1. The maximum absolute atomic E-state index is 9.59. The van der Waals surface area contributed by atoms with Crippen molar-refractivity contribution in [3.05, 3.63) is 71.5 Å². The summed E-state index contributed by atoms with van der Waals surface area (Å²) in [6, 6.07) is 15.1. The molecular weight excluding hydrogens is 302 g/mol. The zero-order valence-corrected chi connectivity index (χ0v) is 13.2. The molecule has 5 heteroatoms. The zero-order valence-electron chi connectivity index (χ0n) is 13.2. The molecule has 0 unspecified atom stereocenters. The van der Waals surface area contributed by atoms with Crippen LogP contribution >= 0.6 is 0 Å². The van der Waals surface area contributed by atoms with E-state index >= 15 is 0 Å². The van der Waals surface area contributed by atoms with Crippen LogP contribution in [0, 0.1) is 0 Å². The van der Waals surface area contributed by atoms with Crippen molar-refractivity contribution in [3.8, 4) is 11.5 Å². The van der Waals surface area contributed by atoms with Crippen molar-refractivity contribution in [1.82, 2.24) is 15.0 Å². The van der Waals surface area contributed by atoms with Crippen molar-refractivity contribution in [1.29, 1.82) is 0 Å². The summed E-state index contributed by atoms with van der Waals surface area (Å²) in [6.45, 7) is 0. The molecule has 120 valence electrons. The number of ether oxygens (including phenoxy) is 1. The Morgan fingerprint density at radius 3 is 2.62 bits per heavy atom. The molecule has 0 amide bonds. The lowest BCUT2D eigenvalue weighted by molar-refractivity contribution is 0.373. The van der Waals surface area contributed by atoms with Gasteiger partial charge < -0.3 is 9.84 Å². The molecule has 0 radical (unpaired) electrons. The summed E-state index contributed by atoms with van der Waals surface area (Å²) in [5.74, 6) is 0.554. The largest absolute Gasteiger partial charge is 0.504 e. The molecule has 0 aliphatic rings. The molecule has 0 aliphatic heterocycles. The van der Waals surface area contributed by atoms with Gasteiger partial charge in [0.15, 0.2) is 11.5 Å². The van der Waals surface area contributed by atoms with Crippen LogP contribution in [0.4, 0.5) is 0 Å². The molecule has 3 aromatic rings. The summed E-state index contributed by atoms with van der Waals surface area (Å²) < 4.78 is 6.75. The van der Waals surface area contributed by atoms with E-state index in [9.17, 15) is 5.11 Å². The molecular formula is C19H17N3O2. The van der Waals surface area contributed by atoms with E-state index in [1.807, 2.05) is 61.0 Å². The fourth-order valence-electron chi connectivity index (χ4n) is 2.15. The number of rotatable bonds is 5. The molecule has 1 N–H and O–H groups in total. The number of phenolic OH excluding ortho intramolecular Hbond substituents is 1. The van der Waals surface area contributed by atoms with E-state index < -0.39 is 0 Å². The molecule has 2 aromatic carbocycles. The first-order chi connectivity index (χ1) is 11.7. The van der Waals surface area contributed by atoms with E-state index in [1.165, 1.54) is 7.11 Å². The average Bonchev–Trinajstić information content (AvgIpc) is 3.08. The smallest absolute Gasteiger partial charge is 0.161 e. The van der Waals surface area contributed by atoms with Crippen LogP contribution in [0.1, 0.15) is 16.8 Å². The van der Waals surface area contributed by atoms with E-state index in [0.717, 1.165) is 16.8 Å². The van der Waals surface area contributed by atoms with Crippen molar-refractivity contribution in [2.45, 2.75) is 0 Å². The molecule has 24 heavy (non-hydrogen) atoms. The van der Waals surface area contributed by atoms with Gasteiger partial charge in [0.05, 0.1) is 13.3 Å². The summed E-state index contributed by atoms with van der Waals surface area (Å²) >= 11 is 0. The van der Waals surface area contributed by atoms with Crippen LogP contribution in [0.15, 0.2) is 54.7 Å². The standard InChI is InChI=1S/C19H17N3O2/c1-24-19-13-16(8-10-18(19)23)7-9-17-14-22(21-20-17)12-11-15-5-3-2-4-6-15/h2-14,23H,1H3/b9-7+,12-11+. The molecule has 5 nitrogen and oxygen atoms in total. The van der Waals surface area contributed by atoms with Gasteiger partial charge in [0.1, 0.15) is 5.69 Å². The highest BCUT2D eigenvalue weighted by Crippen LogP contribution is 2.26. The summed E-state index contributed by atoms with van der Waals surface area (Å²) in [5.41, 5.74) is 2.74. The van der Waals surface area contributed by atoms with Gasteiger partial charge in [-0.2, -0.15) is 0 Å². The van der Waals surface area contributed by atoms with Crippen molar-refractivity contribution in [2.75, 3.05) is 7.11 Å². The Morgan fingerprint density at radius 1 is 1.00 bits per heavy atom. The molecule has 0 fully saturated rings. The highest BCUT2D eigenvalue weighted by Gasteiger charge is 2.01. The minimum Gasteiger partial charge on any atom is -0.504 e. The predicted molar refractivity (Wildman–Crippen MR) is 95.3 cm³/mol. The lowest BCUT2D eigenvalue weighted by Gasteiger charge is -2.03. The van der Waals surface area contributed by atoms with Crippen LogP contribution in [0.25, 0.3) is 24.4 Å². The molecule has 0 saturated heterocycles. The monoisotopic (exact) mass is 319 g/mol. The molecule has 0 aliphatic carbocycles. The lowest BCUT2D eigenvalue weighted by atomic mass is 10.2. The Labute approximate surface area is 140 Å². The van der Waals surface area contributed by atoms with Crippen LogP contribution in [0.2, 0.25) is 0 Å². The van der Waals surface area contributed by atoms with Crippen molar-refractivity contribution >= 4 is 24.4 Å². The zero-order chi connectivity index (χ0) is 16.8. The fourth-order valence-corrected chi connectivity index (χ4v) is 2.15. The van der Waals surface area contributed by atoms with Crippen LogP contribution in [-0.4, -0.2) is 27.2 Å². The molecule has 0 saturated carbocycles. The van der Waals surface area contributed by atoms with E-state index in [0.29, 0.717) is 5.75 Å². The van der Waals surface area contributed by atoms with Gasteiger partial charge in [0.25, 0.3) is 0 Å². The minimum absolute atomic E-state index is 0.117. The quantitative estimate of drug-likeness (QED) is 0.777. The average molecular weight is 319 g/mol. The van der Waals surface area contributed by atoms with E-state index in [2.05, 4.69) is 10.3 Å². The first kappa shape index (κ1) is 15.6. The topological polar surface area (TPSA) is 60.2 Å². The van der Waals surface area contributed by atoms with Gasteiger partial charge in [0.2, 0.25) is 0 Å². The molecule has 1 aromatic heterocycles. The molecule has 1 heterocycles. The maximum Gasteiger partial charge on any atom is 0.161 e. The predicted octanol–water partition coefficient (Wildman–Crippen LogP) is 3.79. The number of methoxy groups -OCH3 is 1. The van der Waals surface area contributed by atoms with E-state index in [-0.39, 0.29) is 5.75 Å². The van der Waals surface area contributed by atoms with Gasteiger partial charge in [-0.25, -0.2) is 4.68 Å². The van der Waals surface area contributed by atoms with Gasteiger partial charge in [-0.1, -0.05) is 47.7 Å². The summed E-state index contributed by atoms with van der Waals surface area (Å²) in [7, 11) is 1.52. The van der Waals surface area contributed by atoms with Crippen LogP contribution in [0.3, 0.4) is 0 Å². The number of hydrogen-bond acceptors (Lipinski definition) is 4. The number of phenols is 1. The van der Waals surface area contributed by atoms with E-state index in [1.54, 1.807) is 22.9 Å². The summed E-state index contributed by atoms with van der Waals surface area (Å²) in [4.78, 5) is 0. The normalized spacial score (nSPS) is 11.4. The highest BCUT2D eigenvalue weighted by molar-refractivity contribution is 5.69. The van der Waals surface area contributed by atoms with Crippen LogP contribution < -0.4 is 4.74 Å². The Morgan fingerprint density at radius 2 is 1.83 bits per heavy atom. The number of benzene rings is 2. The molecule has 0 atom stereocenters. The van der Waals surface area contributed by atoms with Crippen molar-refractivity contribution in [2.24, 2.45) is 0 Å². The third-order valence-electron chi connectivity index (χ3n) is 3.40. The van der Waals surface area contributed by atoms with Crippen LogP contribution in [-0.2, 0) is 0 Å². The van der Waals surface area contributed by atoms with Crippen molar-refractivity contribution in [3.63, 3.8) is 0 Å². The first-order valence-corrected chi connectivity index (χ1v) is 7.45. The lowest BCUT2D eigenvalue weighted by Crippen LogP contribution is -1.85. The highest BCUT2D eigenvalue weighted by atomic mass is 16.5. The second-order valence-electron chi connectivity index (χ2n) is 5.11. The SMILES string of the molecule is COc1cc(/C=C/c2cn(/C=C/c3ccccc3)nn2)ccc1O. The molecule has 3 rings (SSSR count). The second-order valence-corrected chi connectivity index (χ2v) is 5.11. The Hall–Kier alpha value is -3.34. The van der Waals surface area contributed by atoms with Crippen molar-refractivity contribution < 1.29 is 9.84 Å². The summed E-state index contributed by atoms with van der Waals surface area (Å²) in [6.07, 6.45) is 9.38. The second kappa shape index (κ2) is 7.28. The first-order valence-electron chi connectivity index (χ1n) is 7.45. The number of aromatic nitrogens is 3. The van der Waals surface area contributed by atoms with Gasteiger partial charge in [-0.05, 0) is 35.4 Å². The van der Waals surface area contributed by atoms with Gasteiger partial charge in [-0.15, -0.1) is 5.10 Å². The Kier molecular flexibility index (Phi) is 4.72.